The summed E-state index contributed by atoms with van der Waals surface area (Å²) >= 11 is 0. The first-order valence-corrected chi connectivity index (χ1v) is 7.68. The normalized spacial score (nSPS) is 30.8. The molecule has 0 spiro atoms. The highest BCUT2D eigenvalue weighted by molar-refractivity contribution is 4.89. The highest BCUT2D eigenvalue weighted by Crippen LogP contribution is 2.24. The molecule has 0 aromatic heterocycles. The summed E-state index contributed by atoms with van der Waals surface area (Å²) in [4.78, 5) is 5.13. The third-order valence-electron chi connectivity index (χ3n) is 4.94. The van der Waals surface area contributed by atoms with Crippen molar-refractivity contribution in [3.63, 3.8) is 0 Å². The number of hydrogen-bond donors (Lipinski definition) is 1. The second-order valence-electron chi connectivity index (χ2n) is 6.79. The smallest absolute Gasteiger partial charge is 0.0768 e. The number of nitrogens with zero attached hydrogens (tertiary/aromatic N) is 2. The Morgan fingerprint density at radius 1 is 1.17 bits per heavy atom. The van der Waals surface area contributed by atoms with Crippen LogP contribution in [0, 0.1) is 5.92 Å². The van der Waals surface area contributed by atoms with E-state index in [0.717, 1.165) is 25.7 Å². The average molecular weight is 254 g/mol. The zero-order valence-electron chi connectivity index (χ0n) is 12.4. The van der Waals surface area contributed by atoms with Crippen molar-refractivity contribution >= 4 is 0 Å². The Morgan fingerprint density at radius 3 is 2.44 bits per heavy atom. The van der Waals surface area contributed by atoms with Crippen molar-refractivity contribution in [3.05, 3.63) is 0 Å². The van der Waals surface area contributed by atoms with Crippen molar-refractivity contribution in [2.75, 3.05) is 32.7 Å². The lowest BCUT2D eigenvalue weighted by Gasteiger charge is -2.34. The van der Waals surface area contributed by atoms with E-state index in [1.807, 2.05) is 6.92 Å². The van der Waals surface area contributed by atoms with E-state index in [0.29, 0.717) is 5.92 Å². The van der Waals surface area contributed by atoms with Crippen LogP contribution >= 0.6 is 0 Å². The predicted molar refractivity (Wildman–Crippen MR) is 75.7 cm³/mol. The molecule has 0 bridgehead atoms. The topological polar surface area (TPSA) is 26.7 Å². The minimum absolute atomic E-state index is 0.325. The van der Waals surface area contributed by atoms with Crippen LogP contribution in [0.2, 0.25) is 0 Å². The molecule has 2 unspecified atom stereocenters. The van der Waals surface area contributed by atoms with E-state index in [2.05, 4.69) is 23.6 Å². The van der Waals surface area contributed by atoms with Gasteiger partial charge in [-0.15, -0.1) is 0 Å². The van der Waals surface area contributed by atoms with Crippen LogP contribution in [0.15, 0.2) is 0 Å². The van der Waals surface area contributed by atoms with Crippen LogP contribution in [-0.4, -0.2) is 59.3 Å². The first-order chi connectivity index (χ1) is 8.49. The highest BCUT2D eigenvalue weighted by Gasteiger charge is 2.33. The summed E-state index contributed by atoms with van der Waals surface area (Å²) in [5.74, 6) is 0.325. The molecule has 106 valence electrons. The van der Waals surface area contributed by atoms with Gasteiger partial charge >= 0.3 is 0 Å². The number of piperidine rings is 1. The van der Waals surface area contributed by atoms with Crippen LogP contribution in [0.1, 0.15) is 46.5 Å². The molecule has 3 heteroatoms. The first-order valence-electron chi connectivity index (χ1n) is 7.68. The number of rotatable bonds is 4. The maximum absolute atomic E-state index is 10.4. The van der Waals surface area contributed by atoms with Crippen LogP contribution in [0.4, 0.5) is 0 Å². The maximum atomic E-state index is 10.4. The Labute approximate surface area is 112 Å². The summed E-state index contributed by atoms with van der Waals surface area (Å²) in [7, 11) is 0. The molecule has 0 amide bonds. The molecule has 0 saturated carbocycles. The summed E-state index contributed by atoms with van der Waals surface area (Å²) in [6.07, 6.45) is 5.45. The van der Waals surface area contributed by atoms with Gasteiger partial charge in [-0.2, -0.15) is 0 Å². The number of hydrogen-bond acceptors (Lipinski definition) is 3. The van der Waals surface area contributed by atoms with Crippen LogP contribution in [0.5, 0.6) is 0 Å². The fraction of sp³-hybridized carbons (Fsp3) is 1.00. The lowest BCUT2D eigenvalue weighted by atomic mass is 9.92. The van der Waals surface area contributed by atoms with Crippen molar-refractivity contribution in [3.8, 4) is 0 Å². The maximum Gasteiger partial charge on any atom is 0.0768 e. The largest absolute Gasteiger partial charge is 0.389 e. The van der Waals surface area contributed by atoms with E-state index >= 15 is 0 Å². The van der Waals surface area contributed by atoms with Crippen molar-refractivity contribution < 1.29 is 5.11 Å². The minimum Gasteiger partial charge on any atom is -0.389 e. The van der Waals surface area contributed by atoms with Crippen molar-refractivity contribution in [2.24, 2.45) is 5.92 Å². The van der Waals surface area contributed by atoms with Crippen LogP contribution in [-0.2, 0) is 0 Å². The molecule has 2 rings (SSSR count). The molecule has 18 heavy (non-hydrogen) atoms. The number of aliphatic hydroxyl groups is 1. The van der Waals surface area contributed by atoms with Gasteiger partial charge in [0.05, 0.1) is 5.60 Å². The van der Waals surface area contributed by atoms with Gasteiger partial charge in [0, 0.05) is 19.1 Å². The van der Waals surface area contributed by atoms with Gasteiger partial charge in [0.1, 0.15) is 0 Å². The second kappa shape index (κ2) is 5.89. The quantitative estimate of drug-likeness (QED) is 0.831. The summed E-state index contributed by atoms with van der Waals surface area (Å²) < 4.78 is 0. The molecule has 0 aromatic rings. The Kier molecular flexibility index (Phi) is 4.68. The van der Waals surface area contributed by atoms with Crippen molar-refractivity contribution in [1.82, 2.24) is 9.80 Å². The zero-order valence-corrected chi connectivity index (χ0v) is 12.4. The van der Waals surface area contributed by atoms with Gasteiger partial charge < -0.3 is 5.11 Å². The van der Waals surface area contributed by atoms with E-state index in [1.165, 1.54) is 38.8 Å². The van der Waals surface area contributed by atoms with E-state index in [9.17, 15) is 5.11 Å². The van der Waals surface area contributed by atoms with E-state index in [-0.39, 0.29) is 0 Å². The highest BCUT2D eigenvalue weighted by atomic mass is 16.3. The lowest BCUT2D eigenvalue weighted by molar-refractivity contribution is -0.0152. The van der Waals surface area contributed by atoms with Crippen LogP contribution < -0.4 is 0 Å². The lowest BCUT2D eigenvalue weighted by Crippen LogP contribution is -2.46. The van der Waals surface area contributed by atoms with Crippen LogP contribution in [0.3, 0.4) is 0 Å². The molecule has 0 aliphatic carbocycles. The Balaban J connectivity index is 1.81. The SMILES string of the molecule is CC(C)C(C)(O)CN1CCC(N2CCCCC2)C1. The summed E-state index contributed by atoms with van der Waals surface area (Å²) in [5.41, 5.74) is -0.545. The molecule has 2 atom stereocenters. The summed E-state index contributed by atoms with van der Waals surface area (Å²) in [5, 5.41) is 10.4. The molecule has 2 aliphatic rings. The molecule has 3 nitrogen and oxygen atoms in total. The fourth-order valence-electron chi connectivity index (χ4n) is 3.17. The second-order valence-corrected chi connectivity index (χ2v) is 6.79. The molecule has 0 radical (unpaired) electrons. The molecule has 2 heterocycles. The molecule has 2 saturated heterocycles. The summed E-state index contributed by atoms with van der Waals surface area (Å²) in [6, 6.07) is 0.744. The third-order valence-corrected chi connectivity index (χ3v) is 4.94. The van der Waals surface area contributed by atoms with Gasteiger partial charge in [0.15, 0.2) is 0 Å². The molecule has 0 aromatic carbocycles. The van der Waals surface area contributed by atoms with Gasteiger partial charge in [0.25, 0.3) is 0 Å². The van der Waals surface area contributed by atoms with E-state index in [4.69, 9.17) is 0 Å². The van der Waals surface area contributed by atoms with Crippen LogP contribution in [0.25, 0.3) is 0 Å². The standard InChI is InChI=1S/C15H30N2O/c1-13(2)15(3,18)12-16-10-7-14(11-16)17-8-5-4-6-9-17/h13-14,18H,4-12H2,1-3H3. The monoisotopic (exact) mass is 254 g/mol. The van der Waals surface area contributed by atoms with E-state index in [1.54, 1.807) is 0 Å². The average Bonchev–Trinajstić information content (AvgIpc) is 2.78. The molecular weight excluding hydrogens is 224 g/mol. The van der Waals surface area contributed by atoms with Gasteiger partial charge in [-0.25, -0.2) is 0 Å². The molecule has 2 aliphatic heterocycles. The van der Waals surface area contributed by atoms with Gasteiger partial charge in [-0.05, 0) is 51.7 Å². The van der Waals surface area contributed by atoms with E-state index < -0.39 is 5.60 Å². The molecule has 2 fully saturated rings. The number of likely N-dealkylation sites (tertiary alicyclic amines) is 2. The minimum atomic E-state index is -0.545. The Bertz CT molecular complexity index is 259. The van der Waals surface area contributed by atoms with Crippen molar-refractivity contribution in [1.29, 1.82) is 0 Å². The predicted octanol–water partition coefficient (Wildman–Crippen LogP) is 1.95. The van der Waals surface area contributed by atoms with Gasteiger partial charge in [-0.1, -0.05) is 20.3 Å². The third kappa shape index (κ3) is 3.46. The van der Waals surface area contributed by atoms with Gasteiger partial charge in [0.2, 0.25) is 0 Å². The Morgan fingerprint density at radius 2 is 1.83 bits per heavy atom. The molecule has 1 N–H and O–H groups in total. The zero-order chi connectivity index (χ0) is 13.2. The first kappa shape index (κ1) is 14.3. The van der Waals surface area contributed by atoms with Crippen molar-refractivity contribution in [2.45, 2.75) is 58.1 Å². The number of β-amino-alcohol motifs (C(OH)–C–C–N with tert-alkyl or cyclic N) is 1. The fourth-order valence-corrected chi connectivity index (χ4v) is 3.17. The Hall–Kier alpha value is -0.120. The summed E-state index contributed by atoms with van der Waals surface area (Å²) in [6.45, 7) is 11.9. The van der Waals surface area contributed by atoms with Gasteiger partial charge in [-0.3, -0.25) is 9.80 Å². The molecular formula is C15H30N2O.